The van der Waals surface area contributed by atoms with Crippen LogP contribution in [-0.2, 0) is 21.7 Å². The molecule has 37 heavy (non-hydrogen) atoms. The zero-order chi connectivity index (χ0) is 27.5. The number of rotatable bonds is 17. The molecular formula is C31H50Br2O2Si2. The minimum Gasteiger partial charge on any atom is -0.416 e. The van der Waals surface area contributed by atoms with Gasteiger partial charge in [0.2, 0.25) is 0 Å². The van der Waals surface area contributed by atoms with E-state index in [2.05, 4.69) is 129 Å². The molecule has 2 aromatic carbocycles. The van der Waals surface area contributed by atoms with E-state index in [1.54, 1.807) is 0 Å². The molecule has 2 aromatic rings. The fourth-order valence-electron chi connectivity index (χ4n) is 5.40. The monoisotopic (exact) mass is 668 g/mol. The van der Waals surface area contributed by atoms with Crippen molar-refractivity contribution in [2.45, 2.75) is 97.6 Å². The predicted molar refractivity (Wildman–Crippen MR) is 174 cm³/mol. The Kier molecular flexibility index (Phi) is 13.8. The Bertz CT molecular complexity index is 822. The van der Waals surface area contributed by atoms with Crippen molar-refractivity contribution in [2.75, 3.05) is 13.2 Å². The van der Waals surface area contributed by atoms with E-state index in [1.165, 1.54) is 47.4 Å². The lowest BCUT2D eigenvalue weighted by Gasteiger charge is -2.43. The SMILES string of the molecule is CC[Si](CC)(CC)OCC(C)(CO[Si](CC)(CC)CC)C(Cc1ccc(Br)cc1)Cc1ccc(Br)cc1. The lowest BCUT2D eigenvalue weighted by atomic mass is 9.72. The van der Waals surface area contributed by atoms with Crippen LogP contribution in [-0.4, -0.2) is 29.8 Å². The molecule has 0 unspecified atom stereocenters. The van der Waals surface area contributed by atoms with Gasteiger partial charge in [-0.15, -0.1) is 0 Å². The molecule has 208 valence electrons. The van der Waals surface area contributed by atoms with Crippen molar-refractivity contribution in [1.82, 2.24) is 0 Å². The summed E-state index contributed by atoms with van der Waals surface area (Å²) in [6, 6.07) is 24.8. The molecule has 0 atom stereocenters. The van der Waals surface area contributed by atoms with E-state index in [0.717, 1.165) is 35.0 Å². The Labute approximate surface area is 246 Å². The van der Waals surface area contributed by atoms with Crippen LogP contribution in [0.4, 0.5) is 0 Å². The minimum atomic E-state index is -1.73. The molecule has 0 radical (unpaired) electrons. The van der Waals surface area contributed by atoms with Gasteiger partial charge in [0.05, 0.1) is 0 Å². The van der Waals surface area contributed by atoms with Gasteiger partial charge >= 0.3 is 0 Å². The summed E-state index contributed by atoms with van der Waals surface area (Å²) in [5, 5.41) is 0. The van der Waals surface area contributed by atoms with Crippen molar-refractivity contribution in [3.8, 4) is 0 Å². The van der Waals surface area contributed by atoms with Gasteiger partial charge in [0, 0.05) is 27.6 Å². The van der Waals surface area contributed by atoms with Crippen molar-refractivity contribution in [3.63, 3.8) is 0 Å². The van der Waals surface area contributed by atoms with Gasteiger partial charge in [0.25, 0.3) is 0 Å². The Hall–Kier alpha value is -0.246. The molecule has 0 saturated heterocycles. The third kappa shape index (κ3) is 9.42. The summed E-state index contributed by atoms with van der Waals surface area (Å²) in [4.78, 5) is 0. The standard InChI is InChI=1S/C31H50Br2O2Si2/c1-8-36(9-2,10-3)34-24-31(7,25-35-37(11-4,12-5)13-6)28(22-26-14-18-29(32)19-15-26)23-27-16-20-30(33)21-17-27/h14-21,28H,8-13,22-25H2,1-7H3. The molecular weight excluding hydrogens is 620 g/mol. The lowest BCUT2D eigenvalue weighted by Crippen LogP contribution is -2.48. The van der Waals surface area contributed by atoms with Crippen molar-refractivity contribution < 1.29 is 8.85 Å². The van der Waals surface area contributed by atoms with Crippen LogP contribution in [0.5, 0.6) is 0 Å². The van der Waals surface area contributed by atoms with Crippen molar-refractivity contribution in [1.29, 1.82) is 0 Å². The fraction of sp³-hybridized carbons (Fsp3) is 0.613. The van der Waals surface area contributed by atoms with Crippen LogP contribution in [0.3, 0.4) is 0 Å². The highest BCUT2D eigenvalue weighted by Gasteiger charge is 2.41. The third-order valence-electron chi connectivity index (χ3n) is 9.06. The van der Waals surface area contributed by atoms with Crippen LogP contribution in [0.15, 0.2) is 57.5 Å². The molecule has 0 aromatic heterocycles. The Morgan fingerprint density at radius 3 is 1.16 bits per heavy atom. The fourth-order valence-corrected chi connectivity index (χ4v) is 11.4. The smallest absolute Gasteiger partial charge is 0.192 e. The Morgan fingerprint density at radius 1 is 0.595 bits per heavy atom. The molecule has 0 fully saturated rings. The minimum absolute atomic E-state index is 0.0737. The maximum absolute atomic E-state index is 7.06. The molecule has 2 rings (SSSR count). The highest BCUT2D eigenvalue weighted by Crippen LogP contribution is 2.38. The number of hydrogen-bond donors (Lipinski definition) is 0. The summed E-state index contributed by atoms with van der Waals surface area (Å²) in [5.41, 5.74) is 2.69. The van der Waals surface area contributed by atoms with Gasteiger partial charge < -0.3 is 8.85 Å². The van der Waals surface area contributed by atoms with Crippen LogP contribution in [0.1, 0.15) is 59.6 Å². The van der Waals surface area contributed by atoms with E-state index in [4.69, 9.17) is 8.85 Å². The van der Waals surface area contributed by atoms with Gasteiger partial charge in [-0.05, 0) is 90.4 Å². The first-order chi connectivity index (χ1) is 17.6. The molecule has 0 saturated carbocycles. The number of hydrogen-bond acceptors (Lipinski definition) is 2. The largest absolute Gasteiger partial charge is 0.416 e. The highest BCUT2D eigenvalue weighted by molar-refractivity contribution is 9.10. The molecule has 6 heteroatoms. The van der Waals surface area contributed by atoms with E-state index in [9.17, 15) is 0 Å². The molecule has 0 bridgehead atoms. The van der Waals surface area contributed by atoms with Gasteiger partial charge in [0.15, 0.2) is 16.6 Å². The Balaban J connectivity index is 2.49. The molecule has 0 heterocycles. The molecule has 0 amide bonds. The normalized spacial score (nSPS) is 12.9. The van der Waals surface area contributed by atoms with Crippen LogP contribution >= 0.6 is 31.9 Å². The van der Waals surface area contributed by atoms with E-state index < -0.39 is 16.6 Å². The molecule has 0 N–H and O–H groups in total. The summed E-state index contributed by atoms with van der Waals surface area (Å²) in [6.45, 7) is 18.0. The number of benzene rings is 2. The van der Waals surface area contributed by atoms with E-state index in [0.29, 0.717) is 5.92 Å². The summed E-state index contributed by atoms with van der Waals surface area (Å²) in [5.74, 6) is 0.407. The van der Waals surface area contributed by atoms with Crippen LogP contribution in [0, 0.1) is 11.3 Å². The lowest BCUT2D eigenvalue weighted by molar-refractivity contribution is 0.0300. The van der Waals surface area contributed by atoms with Gasteiger partial charge in [-0.2, -0.15) is 0 Å². The summed E-state index contributed by atoms with van der Waals surface area (Å²) in [7, 11) is -3.46. The molecule has 0 spiro atoms. The summed E-state index contributed by atoms with van der Waals surface area (Å²) >= 11 is 7.23. The zero-order valence-electron chi connectivity index (χ0n) is 24.3. The maximum Gasteiger partial charge on any atom is 0.192 e. The zero-order valence-corrected chi connectivity index (χ0v) is 29.5. The maximum atomic E-state index is 7.06. The van der Waals surface area contributed by atoms with E-state index in [-0.39, 0.29) is 5.41 Å². The van der Waals surface area contributed by atoms with Crippen LogP contribution in [0.2, 0.25) is 36.3 Å². The first-order valence-electron chi connectivity index (χ1n) is 14.4. The topological polar surface area (TPSA) is 18.5 Å². The van der Waals surface area contributed by atoms with Gasteiger partial charge in [-0.25, -0.2) is 0 Å². The third-order valence-corrected chi connectivity index (χ3v) is 19.4. The second-order valence-corrected chi connectivity index (χ2v) is 22.5. The molecule has 0 aliphatic rings. The molecule has 0 aliphatic heterocycles. The van der Waals surface area contributed by atoms with E-state index in [1.807, 2.05) is 0 Å². The van der Waals surface area contributed by atoms with Gasteiger partial charge in [0.1, 0.15) is 0 Å². The van der Waals surface area contributed by atoms with Crippen LogP contribution in [0.25, 0.3) is 0 Å². The molecule has 0 aliphatic carbocycles. The Morgan fingerprint density at radius 2 is 0.892 bits per heavy atom. The van der Waals surface area contributed by atoms with Crippen LogP contribution < -0.4 is 0 Å². The predicted octanol–water partition coefficient (Wildman–Crippen LogP) is 10.7. The molecule has 2 nitrogen and oxygen atoms in total. The summed E-state index contributed by atoms with van der Waals surface area (Å²) < 4.78 is 16.4. The van der Waals surface area contributed by atoms with Crippen molar-refractivity contribution >= 4 is 48.5 Å². The first kappa shape index (κ1) is 33.0. The highest BCUT2D eigenvalue weighted by atomic mass is 79.9. The quantitative estimate of drug-likeness (QED) is 0.156. The second kappa shape index (κ2) is 15.5. The summed E-state index contributed by atoms with van der Waals surface area (Å²) in [6.07, 6.45) is 2.04. The average molecular weight is 671 g/mol. The van der Waals surface area contributed by atoms with Gasteiger partial charge in [-0.1, -0.05) is 105 Å². The average Bonchev–Trinajstić information content (AvgIpc) is 2.93. The second-order valence-electron chi connectivity index (χ2n) is 11.1. The van der Waals surface area contributed by atoms with Crippen molar-refractivity contribution in [2.24, 2.45) is 11.3 Å². The van der Waals surface area contributed by atoms with Crippen molar-refractivity contribution in [3.05, 3.63) is 68.6 Å². The first-order valence-corrected chi connectivity index (χ1v) is 21.0. The number of halogens is 2. The van der Waals surface area contributed by atoms with Gasteiger partial charge in [-0.3, -0.25) is 0 Å². The van der Waals surface area contributed by atoms with E-state index >= 15 is 0 Å².